The number of thiocarbonyl (C=S) groups is 1. The molecule has 0 aromatic heterocycles. The largest absolute Gasteiger partial charge is 0.233 e. The summed E-state index contributed by atoms with van der Waals surface area (Å²) in [6, 6.07) is 0. The summed E-state index contributed by atoms with van der Waals surface area (Å²) in [5.41, 5.74) is 0. The highest BCUT2D eigenvalue weighted by Gasteiger charge is 1.85. The lowest BCUT2D eigenvalue weighted by Gasteiger charge is -1.94. The van der Waals surface area contributed by atoms with Crippen LogP contribution in [0.4, 0.5) is 0 Å². The molecule has 58 valence electrons. The zero-order valence-electron chi connectivity index (χ0n) is 6.60. The molecule has 0 amide bonds. The molecule has 0 saturated carbocycles. The van der Waals surface area contributed by atoms with Crippen molar-refractivity contribution in [3.05, 3.63) is 0 Å². The Labute approximate surface area is 68.5 Å². The van der Waals surface area contributed by atoms with Gasteiger partial charge in [-0.2, -0.15) is 0 Å². The first kappa shape index (κ1) is 9.80. The molecule has 1 nitrogen and oxygen atoms in total. The van der Waals surface area contributed by atoms with Crippen molar-refractivity contribution in [2.24, 2.45) is 4.99 Å². The summed E-state index contributed by atoms with van der Waals surface area (Å²) in [7, 11) is 0. The van der Waals surface area contributed by atoms with E-state index in [4.69, 9.17) is 0 Å². The van der Waals surface area contributed by atoms with Gasteiger partial charge in [-0.15, -0.1) is 0 Å². The topological polar surface area (TPSA) is 12.4 Å². The van der Waals surface area contributed by atoms with Gasteiger partial charge in [0.15, 0.2) is 0 Å². The van der Waals surface area contributed by atoms with E-state index in [2.05, 4.69) is 29.3 Å². The maximum Gasteiger partial charge on any atom is 0.0584 e. The average Bonchev–Trinajstić information content (AvgIpc) is 1.97. The first-order chi connectivity index (χ1) is 4.91. The monoisotopic (exact) mass is 157 g/mol. The molecule has 0 rings (SSSR count). The van der Waals surface area contributed by atoms with Crippen LogP contribution in [0.2, 0.25) is 0 Å². The van der Waals surface area contributed by atoms with Crippen molar-refractivity contribution in [3.63, 3.8) is 0 Å². The van der Waals surface area contributed by atoms with Crippen LogP contribution in [-0.2, 0) is 0 Å². The van der Waals surface area contributed by atoms with Crippen molar-refractivity contribution in [1.29, 1.82) is 0 Å². The molecule has 0 aromatic carbocycles. The molecule has 0 N–H and O–H groups in total. The van der Waals surface area contributed by atoms with Crippen molar-refractivity contribution < 1.29 is 0 Å². The summed E-state index contributed by atoms with van der Waals surface area (Å²) < 4.78 is 0. The Morgan fingerprint density at radius 1 is 1.20 bits per heavy atom. The van der Waals surface area contributed by atoms with Crippen molar-refractivity contribution in [2.75, 3.05) is 6.54 Å². The molecule has 0 saturated heterocycles. The van der Waals surface area contributed by atoms with E-state index in [9.17, 15) is 0 Å². The number of rotatable bonds is 6. The SMILES string of the molecule is CCCCCCCN=C=S. The molecule has 0 aliphatic heterocycles. The van der Waals surface area contributed by atoms with Crippen LogP contribution in [0, 0.1) is 0 Å². The molecular weight excluding hydrogens is 142 g/mol. The third-order valence-electron chi connectivity index (χ3n) is 1.44. The second-order valence-electron chi connectivity index (χ2n) is 2.39. The standard InChI is InChI=1S/C8H15NS/c1-2-3-4-5-6-7-9-8-10/h2-7H2,1H3. The summed E-state index contributed by atoms with van der Waals surface area (Å²) in [6.07, 6.45) is 6.44. The lowest BCUT2D eigenvalue weighted by atomic mass is 10.2. The minimum atomic E-state index is 0.868. The average molecular weight is 157 g/mol. The third kappa shape index (κ3) is 7.80. The van der Waals surface area contributed by atoms with Gasteiger partial charge < -0.3 is 0 Å². The first-order valence-corrected chi connectivity index (χ1v) is 4.36. The first-order valence-electron chi connectivity index (χ1n) is 3.95. The summed E-state index contributed by atoms with van der Waals surface area (Å²) in [5, 5.41) is 2.37. The van der Waals surface area contributed by atoms with E-state index in [1.807, 2.05) is 0 Å². The smallest absolute Gasteiger partial charge is 0.0584 e. The molecule has 0 aromatic rings. The molecule has 0 spiro atoms. The number of hydrogen-bond donors (Lipinski definition) is 0. The quantitative estimate of drug-likeness (QED) is 0.328. The molecule has 10 heavy (non-hydrogen) atoms. The van der Waals surface area contributed by atoms with E-state index in [1.165, 1.54) is 32.1 Å². The Kier molecular flexibility index (Phi) is 8.62. The van der Waals surface area contributed by atoms with Crippen molar-refractivity contribution in [1.82, 2.24) is 0 Å². The molecule has 2 heteroatoms. The van der Waals surface area contributed by atoms with Gasteiger partial charge in [0.05, 0.1) is 5.16 Å². The summed E-state index contributed by atoms with van der Waals surface area (Å²) >= 11 is 4.44. The van der Waals surface area contributed by atoms with E-state index >= 15 is 0 Å². The van der Waals surface area contributed by atoms with Crippen LogP contribution in [-0.4, -0.2) is 11.7 Å². The second kappa shape index (κ2) is 8.80. The molecule has 0 unspecified atom stereocenters. The van der Waals surface area contributed by atoms with Crippen LogP contribution in [0.1, 0.15) is 39.0 Å². The molecule has 0 heterocycles. The summed E-state index contributed by atoms with van der Waals surface area (Å²) in [6.45, 7) is 3.09. The number of hydrogen-bond acceptors (Lipinski definition) is 2. The van der Waals surface area contributed by atoms with Gasteiger partial charge in [-0.3, -0.25) is 0 Å². The lowest BCUT2D eigenvalue weighted by Crippen LogP contribution is -1.80. The van der Waals surface area contributed by atoms with Gasteiger partial charge in [-0.25, -0.2) is 4.99 Å². The van der Waals surface area contributed by atoms with Gasteiger partial charge in [-0.1, -0.05) is 32.6 Å². The molecule has 0 bridgehead atoms. The van der Waals surface area contributed by atoms with Crippen LogP contribution >= 0.6 is 12.2 Å². The fraction of sp³-hybridized carbons (Fsp3) is 0.875. The Morgan fingerprint density at radius 3 is 2.50 bits per heavy atom. The minimum absolute atomic E-state index is 0.868. The van der Waals surface area contributed by atoms with Gasteiger partial charge in [0.2, 0.25) is 0 Å². The van der Waals surface area contributed by atoms with Crippen LogP contribution in [0.15, 0.2) is 4.99 Å². The predicted molar refractivity (Wildman–Crippen MR) is 48.7 cm³/mol. The number of nitrogens with zero attached hydrogens (tertiary/aromatic N) is 1. The fourth-order valence-corrected chi connectivity index (χ4v) is 0.931. The van der Waals surface area contributed by atoms with Gasteiger partial charge >= 0.3 is 0 Å². The molecule has 0 aliphatic carbocycles. The lowest BCUT2D eigenvalue weighted by molar-refractivity contribution is 0.639. The Bertz CT molecular complexity index is 106. The van der Waals surface area contributed by atoms with Crippen LogP contribution < -0.4 is 0 Å². The van der Waals surface area contributed by atoms with E-state index < -0.39 is 0 Å². The highest BCUT2D eigenvalue weighted by molar-refractivity contribution is 7.78. The van der Waals surface area contributed by atoms with Crippen molar-refractivity contribution in [3.8, 4) is 0 Å². The number of aliphatic imine (C=N–C) groups is 1. The maximum atomic E-state index is 4.44. The predicted octanol–water partition coefficient (Wildman–Crippen LogP) is 3.06. The van der Waals surface area contributed by atoms with E-state index in [1.54, 1.807) is 0 Å². The Balaban J connectivity index is 2.83. The van der Waals surface area contributed by atoms with Crippen LogP contribution in [0.25, 0.3) is 0 Å². The van der Waals surface area contributed by atoms with Crippen LogP contribution in [0.3, 0.4) is 0 Å². The number of unbranched alkanes of at least 4 members (excludes halogenated alkanes) is 4. The van der Waals surface area contributed by atoms with E-state index in [0.29, 0.717) is 0 Å². The highest BCUT2D eigenvalue weighted by atomic mass is 32.1. The third-order valence-corrected chi connectivity index (χ3v) is 1.57. The Hall–Kier alpha value is -0.200. The number of isothiocyanates is 1. The fourth-order valence-electron chi connectivity index (χ4n) is 0.840. The molecule has 0 radical (unpaired) electrons. The van der Waals surface area contributed by atoms with Crippen molar-refractivity contribution in [2.45, 2.75) is 39.0 Å². The summed E-state index contributed by atoms with van der Waals surface area (Å²) in [4.78, 5) is 3.83. The van der Waals surface area contributed by atoms with E-state index in [-0.39, 0.29) is 0 Å². The minimum Gasteiger partial charge on any atom is -0.233 e. The van der Waals surface area contributed by atoms with E-state index in [0.717, 1.165) is 6.54 Å². The highest BCUT2D eigenvalue weighted by Crippen LogP contribution is 2.01. The zero-order chi connectivity index (χ0) is 7.66. The molecule has 0 aliphatic rings. The molecule has 0 atom stereocenters. The molecule has 0 fully saturated rings. The maximum absolute atomic E-state index is 4.44. The van der Waals surface area contributed by atoms with Gasteiger partial charge in [0.25, 0.3) is 0 Å². The van der Waals surface area contributed by atoms with Crippen molar-refractivity contribution >= 4 is 17.4 Å². The van der Waals surface area contributed by atoms with Gasteiger partial charge in [-0.05, 0) is 18.6 Å². The van der Waals surface area contributed by atoms with Crippen LogP contribution in [0.5, 0.6) is 0 Å². The second-order valence-corrected chi connectivity index (χ2v) is 2.57. The summed E-state index contributed by atoms with van der Waals surface area (Å²) in [5.74, 6) is 0. The zero-order valence-corrected chi connectivity index (χ0v) is 7.41. The Morgan fingerprint density at radius 2 is 1.90 bits per heavy atom. The molecular formula is C8H15NS. The van der Waals surface area contributed by atoms with Gasteiger partial charge in [0, 0.05) is 6.54 Å². The van der Waals surface area contributed by atoms with Gasteiger partial charge in [0.1, 0.15) is 0 Å². The normalized spacial score (nSPS) is 8.90.